The van der Waals surface area contributed by atoms with Crippen molar-refractivity contribution in [3.05, 3.63) is 65.2 Å². The molecule has 3 amide bonds. The van der Waals surface area contributed by atoms with E-state index >= 15 is 0 Å². The topological polar surface area (TPSA) is 104 Å². The molecule has 9 heteroatoms. The second-order valence-corrected chi connectivity index (χ2v) is 10.7. The van der Waals surface area contributed by atoms with E-state index in [0.717, 1.165) is 15.4 Å². The Morgan fingerprint density at radius 2 is 1.68 bits per heavy atom. The Bertz CT molecular complexity index is 1180. The Kier molecular flexibility index (Phi) is 7.76. The second-order valence-electron chi connectivity index (χ2n) is 8.83. The fourth-order valence-electron chi connectivity index (χ4n) is 3.85. The van der Waals surface area contributed by atoms with Crippen molar-refractivity contribution >= 4 is 27.7 Å². The zero-order chi connectivity index (χ0) is 25.0. The molecule has 0 aromatic heterocycles. The van der Waals surface area contributed by atoms with Crippen LogP contribution in [-0.2, 0) is 26.2 Å². The number of aryl methyl sites for hydroxylation is 1. The first-order chi connectivity index (χ1) is 16.0. The van der Waals surface area contributed by atoms with E-state index in [4.69, 9.17) is 0 Å². The van der Waals surface area contributed by atoms with Crippen LogP contribution < -0.4 is 5.32 Å². The van der Waals surface area contributed by atoms with Gasteiger partial charge in [-0.2, -0.15) is 0 Å². The molecule has 3 rings (SSSR count). The first kappa shape index (κ1) is 25.4. The van der Waals surface area contributed by atoms with Crippen LogP contribution in [0.15, 0.2) is 53.4 Å². The zero-order valence-electron chi connectivity index (χ0n) is 19.9. The summed E-state index contributed by atoms with van der Waals surface area (Å²) in [4.78, 5) is 39.9. The molecule has 0 radical (unpaired) electrons. The number of benzene rings is 2. The molecule has 182 valence electrons. The lowest BCUT2D eigenvalue weighted by Gasteiger charge is -2.29. The lowest BCUT2D eigenvalue weighted by molar-refractivity contribution is -0.140. The predicted octanol–water partition coefficient (Wildman–Crippen LogP) is 2.86. The molecule has 0 fully saturated rings. The molecule has 0 saturated carbocycles. The average Bonchev–Trinajstić information content (AvgIpc) is 2.98. The summed E-state index contributed by atoms with van der Waals surface area (Å²) in [7, 11) is -3.91. The third kappa shape index (κ3) is 5.47. The number of fused-ring (bicyclic) bond motifs is 1. The van der Waals surface area contributed by atoms with Gasteiger partial charge in [0.05, 0.1) is 5.56 Å². The highest BCUT2D eigenvalue weighted by atomic mass is 32.2. The Hall–Kier alpha value is -3.20. The third-order valence-electron chi connectivity index (χ3n) is 5.74. The quantitative estimate of drug-likeness (QED) is 0.588. The van der Waals surface area contributed by atoms with Gasteiger partial charge in [0.1, 0.15) is 10.9 Å². The van der Waals surface area contributed by atoms with Crippen molar-refractivity contribution in [2.24, 2.45) is 0 Å². The van der Waals surface area contributed by atoms with Crippen molar-refractivity contribution in [3.8, 4) is 0 Å². The largest absolute Gasteiger partial charge is 0.352 e. The van der Waals surface area contributed by atoms with Crippen LogP contribution in [-0.4, -0.2) is 54.0 Å². The van der Waals surface area contributed by atoms with Crippen molar-refractivity contribution in [3.63, 3.8) is 0 Å². The number of carbonyl (C=O) groups is 3. The number of hydrogen-bond acceptors (Lipinski definition) is 5. The highest BCUT2D eigenvalue weighted by molar-refractivity contribution is 7.90. The minimum Gasteiger partial charge on any atom is -0.352 e. The minimum atomic E-state index is -3.91. The van der Waals surface area contributed by atoms with Gasteiger partial charge in [0.2, 0.25) is 11.8 Å². The van der Waals surface area contributed by atoms with Gasteiger partial charge in [0.15, 0.2) is 0 Å². The van der Waals surface area contributed by atoms with Crippen LogP contribution in [0.4, 0.5) is 0 Å². The highest BCUT2D eigenvalue weighted by Crippen LogP contribution is 2.30. The Morgan fingerprint density at radius 3 is 2.29 bits per heavy atom. The van der Waals surface area contributed by atoms with Gasteiger partial charge < -0.3 is 10.2 Å². The maximum atomic E-state index is 13.2. The van der Waals surface area contributed by atoms with E-state index < -0.39 is 22.0 Å². The SMILES string of the molecule is Cc1ccc(CN(C(=O)CCCN2C(=O)c3ccccc3S2(=O)=O)[C@@H](C)C(=O)NC(C)C)cc1. The van der Waals surface area contributed by atoms with E-state index in [1.54, 1.807) is 19.1 Å². The molecule has 2 aromatic rings. The molecule has 1 atom stereocenters. The molecular formula is C25H31N3O5S. The number of sulfonamides is 1. The number of nitrogens with one attached hydrogen (secondary N) is 1. The number of carbonyl (C=O) groups excluding carboxylic acids is 3. The fraction of sp³-hybridized carbons (Fsp3) is 0.400. The maximum absolute atomic E-state index is 13.2. The normalized spacial score (nSPS) is 15.2. The van der Waals surface area contributed by atoms with Crippen molar-refractivity contribution < 1.29 is 22.8 Å². The summed E-state index contributed by atoms with van der Waals surface area (Å²) in [5.74, 6) is -1.12. The number of amides is 3. The molecule has 8 nitrogen and oxygen atoms in total. The zero-order valence-corrected chi connectivity index (χ0v) is 20.8. The molecule has 1 aliphatic rings. The van der Waals surface area contributed by atoms with Crippen LogP contribution in [0.1, 0.15) is 55.1 Å². The van der Waals surface area contributed by atoms with Gasteiger partial charge in [-0.25, -0.2) is 12.7 Å². The van der Waals surface area contributed by atoms with Crippen LogP contribution in [0.3, 0.4) is 0 Å². The summed E-state index contributed by atoms with van der Waals surface area (Å²) in [5, 5.41) is 2.84. The molecule has 0 aliphatic carbocycles. The van der Waals surface area contributed by atoms with Crippen LogP contribution in [0, 0.1) is 6.92 Å². The highest BCUT2D eigenvalue weighted by Gasteiger charge is 2.40. The van der Waals surface area contributed by atoms with Crippen molar-refractivity contribution in [2.75, 3.05) is 6.54 Å². The molecule has 34 heavy (non-hydrogen) atoms. The Balaban J connectivity index is 1.70. The fourth-order valence-corrected chi connectivity index (χ4v) is 5.45. The maximum Gasteiger partial charge on any atom is 0.269 e. The van der Waals surface area contributed by atoms with Crippen molar-refractivity contribution in [1.29, 1.82) is 0 Å². The molecule has 0 spiro atoms. The molecular weight excluding hydrogens is 454 g/mol. The standard InChI is InChI=1S/C25H31N3O5S/c1-17(2)26-24(30)19(4)27(16-20-13-11-18(3)12-14-20)23(29)10-7-15-28-25(31)21-8-5-6-9-22(21)34(28,32)33/h5-6,8-9,11-14,17,19H,7,10,15-16H2,1-4H3,(H,26,30)/t19-/m0/s1. The Labute approximate surface area is 201 Å². The molecule has 1 N–H and O–H groups in total. The molecule has 2 aromatic carbocycles. The van der Waals surface area contributed by atoms with Crippen LogP contribution >= 0.6 is 0 Å². The van der Waals surface area contributed by atoms with Gasteiger partial charge in [-0.05, 0) is 51.8 Å². The van der Waals surface area contributed by atoms with Crippen LogP contribution in [0.5, 0.6) is 0 Å². The smallest absolute Gasteiger partial charge is 0.269 e. The van der Waals surface area contributed by atoms with E-state index in [9.17, 15) is 22.8 Å². The first-order valence-corrected chi connectivity index (χ1v) is 12.8. The number of rotatable bonds is 9. The van der Waals surface area contributed by atoms with E-state index in [-0.39, 0.29) is 54.2 Å². The summed E-state index contributed by atoms with van der Waals surface area (Å²) in [6, 6.07) is 13.0. The van der Waals surface area contributed by atoms with Crippen LogP contribution in [0.2, 0.25) is 0 Å². The van der Waals surface area contributed by atoms with E-state index in [1.165, 1.54) is 17.0 Å². The lowest BCUT2D eigenvalue weighted by Crippen LogP contribution is -2.49. The second kappa shape index (κ2) is 10.4. The van der Waals surface area contributed by atoms with Gasteiger partial charge in [-0.1, -0.05) is 42.0 Å². The molecule has 0 saturated heterocycles. The summed E-state index contributed by atoms with van der Waals surface area (Å²) < 4.78 is 26.3. The van der Waals surface area contributed by atoms with Crippen molar-refractivity contribution in [2.45, 2.75) is 64.1 Å². The van der Waals surface area contributed by atoms with E-state index in [1.807, 2.05) is 45.0 Å². The van der Waals surface area contributed by atoms with E-state index in [0.29, 0.717) is 0 Å². The molecule has 1 aliphatic heterocycles. The molecule has 0 bridgehead atoms. The summed E-state index contributed by atoms with van der Waals surface area (Å²) in [5.41, 5.74) is 2.12. The molecule has 0 unspecified atom stereocenters. The van der Waals surface area contributed by atoms with Gasteiger partial charge in [-0.15, -0.1) is 0 Å². The summed E-state index contributed by atoms with van der Waals surface area (Å²) in [6.07, 6.45) is 0.154. The number of hydrogen-bond donors (Lipinski definition) is 1. The summed E-state index contributed by atoms with van der Waals surface area (Å²) in [6.45, 7) is 7.49. The van der Waals surface area contributed by atoms with Gasteiger partial charge in [0.25, 0.3) is 15.9 Å². The Morgan fingerprint density at radius 1 is 1.03 bits per heavy atom. The number of nitrogens with zero attached hydrogens (tertiary/aromatic N) is 2. The van der Waals surface area contributed by atoms with E-state index in [2.05, 4.69) is 5.32 Å². The lowest BCUT2D eigenvalue weighted by atomic mass is 10.1. The monoisotopic (exact) mass is 485 g/mol. The van der Waals surface area contributed by atoms with Crippen molar-refractivity contribution in [1.82, 2.24) is 14.5 Å². The van der Waals surface area contributed by atoms with Gasteiger partial charge in [0, 0.05) is 25.6 Å². The average molecular weight is 486 g/mol. The molecule has 1 heterocycles. The first-order valence-electron chi connectivity index (χ1n) is 11.3. The minimum absolute atomic E-state index is 0.000799. The van der Waals surface area contributed by atoms with Gasteiger partial charge in [-0.3, -0.25) is 14.4 Å². The van der Waals surface area contributed by atoms with Gasteiger partial charge >= 0.3 is 0 Å². The van der Waals surface area contributed by atoms with Crippen LogP contribution in [0.25, 0.3) is 0 Å². The summed E-state index contributed by atoms with van der Waals surface area (Å²) >= 11 is 0. The third-order valence-corrected chi connectivity index (χ3v) is 7.58. The predicted molar refractivity (Wildman–Crippen MR) is 128 cm³/mol.